The maximum absolute atomic E-state index is 12.6. The molecule has 7 nitrogen and oxygen atoms in total. The van der Waals surface area contributed by atoms with Crippen LogP contribution in [0.15, 0.2) is 48.5 Å². The molecule has 1 heterocycles. The molecule has 1 aliphatic heterocycles. The Morgan fingerprint density at radius 1 is 1.03 bits per heavy atom. The summed E-state index contributed by atoms with van der Waals surface area (Å²) in [6, 6.07) is 13.4. The molecule has 0 radical (unpaired) electrons. The monoisotopic (exact) mass is 420 g/mol. The minimum Gasteiger partial charge on any atom is -0.449 e. The summed E-state index contributed by atoms with van der Waals surface area (Å²) < 4.78 is 5.33. The van der Waals surface area contributed by atoms with Gasteiger partial charge in [-0.1, -0.05) is 37.1 Å². The summed E-state index contributed by atoms with van der Waals surface area (Å²) in [6.45, 7) is 1.59. The Bertz CT molecular complexity index is 1010. The number of imide groups is 1. The number of nitrogens with one attached hydrogen (secondary N) is 1. The Balaban J connectivity index is 1.40. The molecule has 4 rings (SSSR count). The predicted molar refractivity (Wildman–Crippen MR) is 112 cm³/mol. The van der Waals surface area contributed by atoms with Gasteiger partial charge in [0.1, 0.15) is 0 Å². The first-order chi connectivity index (χ1) is 14.9. The highest BCUT2D eigenvalue weighted by atomic mass is 16.5. The number of nitrogens with zero attached hydrogens (tertiary/aromatic N) is 1. The van der Waals surface area contributed by atoms with Crippen LogP contribution in [-0.4, -0.2) is 40.7 Å². The third-order valence-electron chi connectivity index (χ3n) is 5.74. The molecule has 7 heteroatoms. The van der Waals surface area contributed by atoms with E-state index in [1.807, 2.05) is 0 Å². The fraction of sp³-hybridized carbons (Fsp3) is 0.333. The van der Waals surface area contributed by atoms with E-state index in [9.17, 15) is 19.2 Å². The van der Waals surface area contributed by atoms with Crippen molar-refractivity contribution in [1.82, 2.24) is 10.2 Å². The van der Waals surface area contributed by atoms with Gasteiger partial charge >= 0.3 is 5.97 Å². The van der Waals surface area contributed by atoms with Crippen LogP contribution < -0.4 is 5.32 Å². The van der Waals surface area contributed by atoms with Crippen molar-refractivity contribution in [2.24, 2.45) is 0 Å². The molecule has 160 valence electrons. The zero-order valence-corrected chi connectivity index (χ0v) is 17.3. The predicted octanol–water partition coefficient (Wildman–Crippen LogP) is 3.09. The minimum atomic E-state index is -0.909. The first-order valence-electron chi connectivity index (χ1n) is 10.5. The van der Waals surface area contributed by atoms with Gasteiger partial charge in [0.25, 0.3) is 17.7 Å². The van der Waals surface area contributed by atoms with Crippen molar-refractivity contribution in [1.29, 1.82) is 0 Å². The summed E-state index contributed by atoms with van der Waals surface area (Å²) in [4.78, 5) is 51.1. The van der Waals surface area contributed by atoms with Crippen LogP contribution in [0.2, 0.25) is 0 Å². The van der Waals surface area contributed by atoms with Crippen molar-refractivity contribution >= 4 is 23.7 Å². The van der Waals surface area contributed by atoms with E-state index in [0.717, 1.165) is 30.6 Å². The molecule has 0 unspecified atom stereocenters. The smallest absolute Gasteiger partial charge is 0.338 e. The van der Waals surface area contributed by atoms with E-state index in [1.165, 1.54) is 0 Å². The van der Waals surface area contributed by atoms with Gasteiger partial charge in [0.15, 0.2) is 6.10 Å². The van der Waals surface area contributed by atoms with Gasteiger partial charge in [-0.3, -0.25) is 19.3 Å². The Labute approximate surface area is 180 Å². The second-order valence-electron chi connectivity index (χ2n) is 7.98. The Hall–Kier alpha value is -3.48. The lowest BCUT2D eigenvalue weighted by Gasteiger charge is -2.17. The quantitative estimate of drug-likeness (QED) is 0.573. The van der Waals surface area contributed by atoms with E-state index in [1.54, 1.807) is 55.5 Å². The highest BCUT2D eigenvalue weighted by Crippen LogP contribution is 2.24. The molecule has 1 N–H and O–H groups in total. The van der Waals surface area contributed by atoms with Crippen molar-refractivity contribution in [3.8, 4) is 0 Å². The molecule has 31 heavy (non-hydrogen) atoms. The minimum absolute atomic E-state index is 0.0468. The van der Waals surface area contributed by atoms with E-state index in [2.05, 4.69) is 5.32 Å². The van der Waals surface area contributed by atoms with Crippen molar-refractivity contribution in [3.63, 3.8) is 0 Å². The van der Waals surface area contributed by atoms with Crippen LogP contribution in [0.4, 0.5) is 0 Å². The van der Waals surface area contributed by atoms with Crippen LogP contribution in [0, 0.1) is 0 Å². The maximum atomic E-state index is 12.6. The van der Waals surface area contributed by atoms with Gasteiger partial charge in [-0.2, -0.15) is 0 Å². The maximum Gasteiger partial charge on any atom is 0.338 e. The van der Waals surface area contributed by atoms with Crippen molar-refractivity contribution in [3.05, 3.63) is 70.8 Å². The van der Waals surface area contributed by atoms with Gasteiger partial charge < -0.3 is 10.1 Å². The molecule has 0 spiro atoms. The van der Waals surface area contributed by atoms with Gasteiger partial charge in [0.2, 0.25) is 0 Å². The summed E-state index contributed by atoms with van der Waals surface area (Å²) in [5.41, 5.74) is 1.64. The molecule has 0 bridgehead atoms. The number of carbonyl (C=O) groups is 4. The number of benzene rings is 2. The number of carbonyl (C=O) groups excluding carboxylic acids is 4. The molecule has 1 fully saturated rings. The van der Waals surface area contributed by atoms with Crippen LogP contribution >= 0.6 is 0 Å². The van der Waals surface area contributed by atoms with Crippen LogP contribution in [-0.2, 0) is 16.1 Å². The zero-order valence-electron chi connectivity index (χ0n) is 17.3. The summed E-state index contributed by atoms with van der Waals surface area (Å²) in [7, 11) is 0. The Morgan fingerprint density at radius 3 is 2.32 bits per heavy atom. The molecule has 1 atom stereocenters. The number of hydrogen-bond donors (Lipinski definition) is 1. The summed E-state index contributed by atoms with van der Waals surface area (Å²) >= 11 is 0. The molecule has 2 aliphatic rings. The van der Waals surface area contributed by atoms with E-state index in [4.69, 9.17) is 4.74 Å². The first kappa shape index (κ1) is 20.8. The zero-order chi connectivity index (χ0) is 22.0. The number of amides is 3. The SMILES string of the molecule is C[C@H](OC(=O)c1cccc(CN2C(=O)c3ccccc3C2=O)c1)C(=O)NC1CCCC1. The van der Waals surface area contributed by atoms with Gasteiger partial charge in [-0.05, 0) is 49.6 Å². The van der Waals surface area contributed by atoms with Crippen molar-refractivity contribution < 1.29 is 23.9 Å². The van der Waals surface area contributed by atoms with Gasteiger partial charge in [-0.25, -0.2) is 4.79 Å². The lowest BCUT2D eigenvalue weighted by atomic mass is 10.1. The lowest BCUT2D eigenvalue weighted by molar-refractivity contribution is -0.129. The molecule has 1 aliphatic carbocycles. The van der Waals surface area contributed by atoms with Gasteiger partial charge in [0, 0.05) is 6.04 Å². The molecule has 2 aromatic rings. The summed E-state index contributed by atoms with van der Waals surface area (Å²) in [6.07, 6.45) is 3.18. The molecular weight excluding hydrogens is 396 g/mol. The second kappa shape index (κ2) is 8.71. The molecule has 0 aromatic heterocycles. The van der Waals surface area contributed by atoms with E-state index in [0.29, 0.717) is 16.7 Å². The van der Waals surface area contributed by atoms with Crippen LogP contribution in [0.1, 0.15) is 69.2 Å². The molecule has 1 saturated carbocycles. The molecular formula is C24H24N2O5. The normalized spacial score (nSPS) is 16.9. The molecule has 2 aromatic carbocycles. The fourth-order valence-electron chi connectivity index (χ4n) is 4.03. The third kappa shape index (κ3) is 4.35. The van der Waals surface area contributed by atoms with E-state index < -0.39 is 12.1 Å². The van der Waals surface area contributed by atoms with Crippen molar-refractivity contribution in [2.45, 2.75) is 51.3 Å². The van der Waals surface area contributed by atoms with Crippen molar-refractivity contribution in [2.75, 3.05) is 0 Å². The fourth-order valence-corrected chi connectivity index (χ4v) is 4.03. The molecule has 3 amide bonds. The van der Waals surface area contributed by atoms with Crippen LogP contribution in [0.5, 0.6) is 0 Å². The lowest BCUT2D eigenvalue weighted by Crippen LogP contribution is -2.40. The second-order valence-corrected chi connectivity index (χ2v) is 7.98. The standard InChI is InChI=1S/C24H24N2O5/c1-15(21(27)25-18-9-2-3-10-18)31-24(30)17-8-6-7-16(13-17)14-26-22(28)19-11-4-5-12-20(19)23(26)29/h4-8,11-13,15,18H,2-3,9-10,14H2,1H3,(H,25,27)/t15-/m0/s1. The first-order valence-corrected chi connectivity index (χ1v) is 10.5. The Kier molecular flexibility index (Phi) is 5.84. The number of hydrogen-bond acceptors (Lipinski definition) is 5. The highest BCUT2D eigenvalue weighted by Gasteiger charge is 2.35. The van der Waals surface area contributed by atoms with Crippen LogP contribution in [0.25, 0.3) is 0 Å². The number of fused-ring (bicyclic) bond motifs is 1. The number of esters is 1. The topological polar surface area (TPSA) is 92.8 Å². The van der Waals surface area contributed by atoms with E-state index >= 15 is 0 Å². The summed E-state index contributed by atoms with van der Waals surface area (Å²) in [5, 5.41) is 2.92. The number of rotatable bonds is 6. The average molecular weight is 420 g/mol. The van der Waals surface area contributed by atoms with E-state index in [-0.39, 0.29) is 35.9 Å². The average Bonchev–Trinajstić information content (AvgIpc) is 3.37. The van der Waals surface area contributed by atoms with Gasteiger partial charge in [0.05, 0.1) is 23.2 Å². The van der Waals surface area contributed by atoms with Crippen LogP contribution in [0.3, 0.4) is 0 Å². The highest BCUT2D eigenvalue weighted by molar-refractivity contribution is 6.21. The Morgan fingerprint density at radius 2 is 1.68 bits per heavy atom. The number of ether oxygens (including phenoxy) is 1. The van der Waals surface area contributed by atoms with Gasteiger partial charge in [-0.15, -0.1) is 0 Å². The third-order valence-corrected chi connectivity index (χ3v) is 5.74. The summed E-state index contributed by atoms with van der Waals surface area (Å²) in [5.74, 6) is -1.64. The molecule has 0 saturated heterocycles. The largest absolute Gasteiger partial charge is 0.449 e.